The zero-order valence-corrected chi connectivity index (χ0v) is 19.8. The van der Waals surface area contributed by atoms with Crippen LogP contribution in [0.15, 0.2) is 35.3 Å². The Labute approximate surface area is 197 Å². The van der Waals surface area contributed by atoms with Crippen LogP contribution in [0.25, 0.3) is 0 Å². The molecule has 0 radical (unpaired) electrons. The topological polar surface area (TPSA) is 118 Å². The zero-order chi connectivity index (χ0) is 24.5. The fourth-order valence-electron chi connectivity index (χ4n) is 4.17. The standard InChI is InChI=1S/C22H27FN4O6S/c1-22(6-5-19(25-14-22)26-7-9-34(30,31)10-8-26)17-4-3-15(11-18(17)23)27-13-16(33-21(27)29)12-24-20(28)32-2/h3-6,11,16H,7-10,12-14H2,1-2H3,(H,24,28)/t16-,22?/m0/s1. The number of benzene rings is 1. The highest BCUT2D eigenvalue weighted by Crippen LogP contribution is 2.33. The lowest BCUT2D eigenvalue weighted by Gasteiger charge is -2.34. The summed E-state index contributed by atoms with van der Waals surface area (Å²) in [6.07, 6.45) is 1.87. The molecule has 2 amide bonds. The third-order valence-electron chi connectivity index (χ3n) is 6.25. The molecule has 0 aliphatic carbocycles. The van der Waals surface area contributed by atoms with E-state index in [1.165, 1.54) is 18.1 Å². The van der Waals surface area contributed by atoms with Gasteiger partial charge in [-0.25, -0.2) is 22.4 Å². The number of aliphatic imine (C=N–C) groups is 1. The summed E-state index contributed by atoms with van der Waals surface area (Å²) in [5, 5.41) is 2.47. The van der Waals surface area contributed by atoms with Gasteiger partial charge < -0.3 is 19.7 Å². The lowest BCUT2D eigenvalue weighted by Crippen LogP contribution is -2.44. The number of hydrogen-bond donors (Lipinski definition) is 1. The smallest absolute Gasteiger partial charge is 0.414 e. The van der Waals surface area contributed by atoms with E-state index in [9.17, 15) is 18.0 Å². The molecule has 3 aliphatic rings. The van der Waals surface area contributed by atoms with Crippen molar-refractivity contribution in [1.29, 1.82) is 0 Å². The Morgan fingerprint density at radius 1 is 1.35 bits per heavy atom. The molecule has 0 spiro atoms. The van der Waals surface area contributed by atoms with Gasteiger partial charge in [0, 0.05) is 18.5 Å². The summed E-state index contributed by atoms with van der Waals surface area (Å²) < 4.78 is 48.2. The van der Waals surface area contributed by atoms with E-state index in [2.05, 4.69) is 15.0 Å². The lowest BCUT2D eigenvalue weighted by atomic mass is 9.80. The fourth-order valence-corrected chi connectivity index (χ4v) is 5.38. The van der Waals surface area contributed by atoms with Gasteiger partial charge in [0.1, 0.15) is 17.8 Å². The van der Waals surface area contributed by atoms with Gasteiger partial charge in [0.05, 0.1) is 43.9 Å². The van der Waals surface area contributed by atoms with E-state index in [-0.39, 0.29) is 24.6 Å². The van der Waals surface area contributed by atoms with E-state index in [4.69, 9.17) is 4.74 Å². The number of carbonyl (C=O) groups is 2. The molecular weight excluding hydrogens is 467 g/mol. The molecule has 2 saturated heterocycles. The van der Waals surface area contributed by atoms with Crippen LogP contribution in [0, 0.1) is 5.82 Å². The minimum atomic E-state index is -2.98. The number of amidine groups is 1. The Bertz CT molecular complexity index is 1140. The highest BCUT2D eigenvalue weighted by atomic mass is 32.2. The van der Waals surface area contributed by atoms with Crippen LogP contribution in [0.4, 0.5) is 19.7 Å². The number of anilines is 1. The third kappa shape index (κ3) is 5.01. The number of ether oxygens (including phenoxy) is 2. The van der Waals surface area contributed by atoms with Gasteiger partial charge in [0.25, 0.3) is 0 Å². The van der Waals surface area contributed by atoms with Crippen LogP contribution in [0.5, 0.6) is 0 Å². The van der Waals surface area contributed by atoms with Crippen molar-refractivity contribution in [2.45, 2.75) is 18.4 Å². The van der Waals surface area contributed by atoms with E-state index in [0.717, 1.165) is 0 Å². The number of nitrogens with zero attached hydrogens (tertiary/aromatic N) is 3. The van der Waals surface area contributed by atoms with E-state index >= 15 is 4.39 Å². The van der Waals surface area contributed by atoms with Gasteiger partial charge in [-0.1, -0.05) is 19.1 Å². The quantitative estimate of drug-likeness (QED) is 0.673. The Hall–Kier alpha value is -3.15. The maximum absolute atomic E-state index is 15.2. The second kappa shape index (κ2) is 9.24. The predicted molar refractivity (Wildman–Crippen MR) is 123 cm³/mol. The fraction of sp³-hybridized carbons (Fsp3) is 0.500. The van der Waals surface area contributed by atoms with Crippen LogP contribution in [0.2, 0.25) is 0 Å². The van der Waals surface area contributed by atoms with E-state index in [1.54, 1.807) is 12.1 Å². The molecule has 10 nitrogen and oxygen atoms in total. The van der Waals surface area contributed by atoms with E-state index in [0.29, 0.717) is 36.7 Å². The largest absolute Gasteiger partial charge is 0.453 e. The highest BCUT2D eigenvalue weighted by Gasteiger charge is 2.35. The summed E-state index contributed by atoms with van der Waals surface area (Å²) in [7, 11) is -1.75. The van der Waals surface area contributed by atoms with Gasteiger partial charge in [-0.05, 0) is 23.8 Å². The van der Waals surface area contributed by atoms with Crippen LogP contribution < -0.4 is 10.2 Å². The number of nitrogens with one attached hydrogen (secondary N) is 1. The molecule has 3 aliphatic heterocycles. The normalized spacial score (nSPS) is 26.1. The number of hydrogen-bond acceptors (Lipinski definition) is 8. The second-order valence-electron chi connectivity index (χ2n) is 8.72. The molecule has 1 unspecified atom stereocenters. The molecule has 1 aromatic carbocycles. The molecular formula is C22H27FN4O6S. The molecule has 3 heterocycles. The van der Waals surface area contributed by atoms with Crippen LogP contribution in [0.3, 0.4) is 0 Å². The molecule has 0 aromatic heterocycles. The maximum Gasteiger partial charge on any atom is 0.414 e. The second-order valence-corrected chi connectivity index (χ2v) is 11.0. The Morgan fingerprint density at radius 2 is 2.09 bits per heavy atom. The average molecular weight is 495 g/mol. The molecule has 4 rings (SSSR count). The van der Waals surface area contributed by atoms with Crippen LogP contribution in [-0.2, 0) is 24.7 Å². The predicted octanol–water partition coefficient (Wildman–Crippen LogP) is 1.46. The summed E-state index contributed by atoms with van der Waals surface area (Å²) in [6.45, 7) is 3.23. The number of dihydropyridines is 1. The Balaban J connectivity index is 1.42. The molecule has 12 heteroatoms. The van der Waals surface area contributed by atoms with Crippen molar-refractivity contribution >= 4 is 33.5 Å². The first-order valence-corrected chi connectivity index (χ1v) is 12.7. The zero-order valence-electron chi connectivity index (χ0n) is 19.0. The molecule has 2 fully saturated rings. The molecule has 184 valence electrons. The van der Waals surface area contributed by atoms with Gasteiger partial charge in [-0.2, -0.15) is 0 Å². The number of rotatable bonds is 4. The number of alkyl carbamates (subject to hydrolysis) is 1. The van der Waals surface area contributed by atoms with Crippen molar-refractivity contribution < 1.29 is 31.9 Å². The van der Waals surface area contributed by atoms with Crippen molar-refractivity contribution in [1.82, 2.24) is 10.2 Å². The Kier molecular flexibility index (Phi) is 6.52. The molecule has 34 heavy (non-hydrogen) atoms. The third-order valence-corrected chi connectivity index (χ3v) is 7.86. The van der Waals surface area contributed by atoms with Gasteiger partial charge in [0.2, 0.25) is 0 Å². The van der Waals surface area contributed by atoms with Crippen molar-refractivity contribution in [3.05, 3.63) is 41.7 Å². The number of amides is 2. The van der Waals surface area contributed by atoms with Gasteiger partial charge in [-0.3, -0.25) is 9.89 Å². The summed E-state index contributed by atoms with van der Waals surface area (Å²) >= 11 is 0. The highest BCUT2D eigenvalue weighted by molar-refractivity contribution is 7.91. The minimum absolute atomic E-state index is 0.0850. The van der Waals surface area contributed by atoms with Crippen molar-refractivity contribution in [2.75, 3.05) is 56.2 Å². The van der Waals surface area contributed by atoms with Crippen molar-refractivity contribution in [3.8, 4) is 0 Å². The SMILES string of the molecule is COC(=O)NC[C@H]1CN(c2ccc(C3(C)C=CC(N4CCS(=O)(=O)CC4)=NC3)c(F)c2)C(=O)O1. The van der Waals surface area contributed by atoms with Crippen molar-refractivity contribution in [3.63, 3.8) is 0 Å². The monoisotopic (exact) mass is 494 g/mol. The van der Waals surface area contributed by atoms with Gasteiger partial charge in [-0.15, -0.1) is 0 Å². The average Bonchev–Trinajstić information content (AvgIpc) is 3.18. The van der Waals surface area contributed by atoms with E-state index in [1.807, 2.05) is 24.0 Å². The van der Waals surface area contributed by atoms with E-state index < -0.39 is 39.4 Å². The number of carbonyl (C=O) groups excluding carboxylic acids is 2. The van der Waals surface area contributed by atoms with Crippen LogP contribution in [-0.4, -0.2) is 88.8 Å². The summed E-state index contributed by atoms with van der Waals surface area (Å²) in [6, 6.07) is 4.58. The van der Waals surface area contributed by atoms with Crippen LogP contribution in [0.1, 0.15) is 12.5 Å². The molecule has 2 atom stereocenters. The first kappa shape index (κ1) is 24.0. The van der Waals surface area contributed by atoms with Crippen LogP contribution >= 0.6 is 0 Å². The number of halogens is 1. The molecule has 1 N–H and O–H groups in total. The van der Waals surface area contributed by atoms with Gasteiger partial charge in [0.15, 0.2) is 9.84 Å². The minimum Gasteiger partial charge on any atom is -0.453 e. The summed E-state index contributed by atoms with van der Waals surface area (Å²) in [5.74, 6) is 0.435. The number of methoxy groups -OCH3 is 1. The first-order valence-electron chi connectivity index (χ1n) is 10.9. The first-order chi connectivity index (χ1) is 16.1. The van der Waals surface area contributed by atoms with Gasteiger partial charge >= 0.3 is 12.2 Å². The Morgan fingerprint density at radius 3 is 2.71 bits per heavy atom. The van der Waals surface area contributed by atoms with Crippen molar-refractivity contribution in [2.24, 2.45) is 4.99 Å². The number of cyclic esters (lactones) is 1. The maximum atomic E-state index is 15.2. The summed E-state index contributed by atoms with van der Waals surface area (Å²) in [5.41, 5.74) is 0.105. The molecule has 0 saturated carbocycles. The molecule has 1 aromatic rings. The molecule has 0 bridgehead atoms. The summed E-state index contributed by atoms with van der Waals surface area (Å²) in [4.78, 5) is 31.3. The lowest BCUT2D eigenvalue weighted by molar-refractivity contribution is 0.132. The number of sulfone groups is 1.